The summed E-state index contributed by atoms with van der Waals surface area (Å²) >= 11 is 0. The third-order valence-corrected chi connectivity index (χ3v) is 12.5. The summed E-state index contributed by atoms with van der Waals surface area (Å²) < 4.78 is 33.0. The second-order valence-electron chi connectivity index (χ2n) is 8.60. The van der Waals surface area contributed by atoms with E-state index >= 15 is 0 Å². The third-order valence-electron chi connectivity index (χ3n) is 5.73. The second kappa shape index (κ2) is 7.37. The van der Waals surface area contributed by atoms with Gasteiger partial charge in [-0.15, -0.1) is 0 Å². The first-order valence-corrected chi connectivity index (χ1v) is 13.6. The molecule has 25 heavy (non-hydrogen) atoms. The van der Waals surface area contributed by atoms with Crippen LogP contribution in [0.2, 0.25) is 18.1 Å². The van der Waals surface area contributed by atoms with E-state index in [1.165, 1.54) is 0 Å². The number of benzene rings is 1. The molecule has 1 unspecified atom stereocenters. The van der Waals surface area contributed by atoms with Crippen LogP contribution in [0, 0.1) is 5.92 Å². The van der Waals surface area contributed by atoms with Gasteiger partial charge in [0.1, 0.15) is 0 Å². The van der Waals surface area contributed by atoms with Crippen LogP contribution in [0.25, 0.3) is 0 Å². The van der Waals surface area contributed by atoms with Gasteiger partial charge < -0.3 is 4.43 Å². The van der Waals surface area contributed by atoms with Crippen molar-refractivity contribution >= 4 is 18.2 Å². The molecule has 0 aliphatic heterocycles. The Bertz CT molecular complexity index is 702. The van der Waals surface area contributed by atoms with Gasteiger partial charge in [-0.2, -0.15) is 0 Å². The highest BCUT2D eigenvalue weighted by Crippen LogP contribution is 2.40. The molecule has 0 amide bonds. The molecule has 1 aromatic carbocycles. The molecule has 0 radical (unpaired) electrons. The van der Waals surface area contributed by atoms with Gasteiger partial charge in [0.15, 0.2) is 18.2 Å². The van der Waals surface area contributed by atoms with Gasteiger partial charge in [0.2, 0.25) is 0 Å². The molecule has 2 rings (SSSR count). The molecule has 1 aliphatic rings. The summed E-state index contributed by atoms with van der Waals surface area (Å²) in [6, 6.07) is 8.77. The van der Waals surface area contributed by atoms with Crippen molar-refractivity contribution < 1.29 is 12.8 Å². The maximum Gasteiger partial charge on any atom is 0.192 e. The lowest BCUT2D eigenvalue weighted by Gasteiger charge is -2.41. The van der Waals surface area contributed by atoms with E-state index in [0.717, 1.165) is 12.8 Å². The lowest BCUT2D eigenvalue weighted by molar-refractivity contribution is 0.122. The van der Waals surface area contributed by atoms with Crippen molar-refractivity contribution in [3.05, 3.63) is 42.5 Å². The largest absolute Gasteiger partial charge is 0.414 e. The Hall–Kier alpha value is -0.913. The Morgan fingerprint density at radius 1 is 1.12 bits per heavy atom. The molecule has 5 heteroatoms. The first kappa shape index (κ1) is 20.4. The summed E-state index contributed by atoms with van der Waals surface area (Å²) in [4.78, 5) is 0.393. The third kappa shape index (κ3) is 4.44. The predicted molar refractivity (Wildman–Crippen MR) is 107 cm³/mol. The monoisotopic (exact) mass is 380 g/mol. The van der Waals surface area contributed by atoms with Crippen molar-refractivity contribution in [2.45, 2.75) is 74.9 Å². The zero-order chi connectivity index (χ0) is 18.9. The number of hydrogen-bond acceptors (Lipinski definition) is 3. The molecule has 0 spiro atoms. The second-order valence-corrected chi connectivity index (χ2v) is 15.5. The van der Waals surface area contributed by atoms with Crippen molar-refractivity contribution in [3.63, 3.8) is 0 Å². The van der Waals surface area contributed by atoms with Crippen LogP contribution in [0.5, 0.6) is 0 Å². The molecule has 0 aromatic heterocycles. The summed E-state index contributed by atoms with van der Waals surface area (Å²) in [7, 11) is -5.36. The Morgan fingerprint density at radius 2 is 1.72 bits per heavy atom. The van der Waals surface area contributed by atoms with Crippen LogP contribution < -0.4 is 0 Å². The molecule has 0 bridgehead atoms. The van der Waals surface area contributed by atoms with Crippen molar-refractivity contribution in [2.75, 3.05) is 0 Å². The molecule has 0 saturated carbocycles. The summed E-state index contributed by atoms with van der Waals surface area (Å²) in [5.41, 5.74) is 0. The maximum atomic E-state index is 13.2. The normalized spacial score (nSPS) is 25.6. The molecule has 3 nitrogen and oxygen atoms in total. The van der Waals surface area contributed by atoms with Gasteiger partial charge >= 0.3 is 0 Å². The smallest absolute Gasteiger partial charge is 0.192 e. The molecular weight excluding hydrogens is 348 g/mol. The van der Waals surface area contributed by atoms with Crippen molar-refractivity contribution in [1.29, 1.82) is 0 Å². The minimum absolute atomic E-state index is 0.0284. The molecule has 0 heterocycles. The van der Waals surface area contributed by atoms with Gasteiger partial charge in [0.25, 0.3) is 0 Å². The van der Waals surface area contributed by atoms with Gasteiger partial charge in [0, 0.05) is 12.0 Å². The molecule has 1 aromatic rings. The lowest BCUT2D eigenvalue weighted by atomic mass is 10.00. The fourth-order valence-electron chi connectivity index (χ4n) is 3.02. The first-order chi connectivity index (χ1) is 11.5. The Morgan fingerprint density at radius 3 is 2.28 bits per heavy atom. The highest BCUT2D eigenvalue weighted by Gasteiger charge is 2.43. The van der Waals surface area contributed by atoms with E-state index in [-0.39, 0.29) is 17.1 Å². The van der Waals surface area contributed by atoms with E-state index in [2.05, 4.69) is 33.9 Å². The molecule has 3 atom stereocenters. The quantitative estimate of drug-likeness (QED) is 0.532. The van der Waals surface area contributed by atoms with E-state index in [1.807, 2.05) is 25.1 Å². The Kier molecular flexibility index (Phi) is 6.02. The number of allylic oxidation sites excluding steroid dienone is 1. The molecular formula is C20H32O3SSi. The SMILES string of the molecule is C[C@@H]1C(O[Si](C)(C)C(C)(C)C)CCC=C[C@@H]1S(=O)(=O)c1ccccc1. The standard InChI is InChI=1S/C20H32O3SSi/c1-16-18(23-25(5,6)20(2,3)4)14-10-11-15-19(16)24(21,22)17-12-8-7-9-13-17/h7-9,11-13,15-16,18-19H,10,14H2,1-6H3/t16-,18?,19+/m1/s1. The van der Waals surface area contributed by atoms with Crippen molar-refractivity contribution in [2.24, 2.45) is 5.92 Å². The van der Waals surface area contributed by atoms with Gasteiger partial charge in [0.05, 0.1) is 10.1 Å². The van der Waals surface area contributed by atoms with Gasteiger partial charge in [-0.3, -0.25) is 0 Å². The van der Waals surface area contributed by atoms with Gasteiger partial charge in [-0.1, -0.05) is 58.0 Å². The van der Waals surface area contributed by atoms with Crippen molar-refractivity contribution in [1.82, 2.24) is 0 Å². The number of rotatable bonds is 4. The topological polar surface area (TPSA) is 43.4 Å². The van der Waals surface area contributed by atoms with E-state index in [1.54, 1.807) is 24.3 Å². The first-order valence-electron chi connectivity index (χ1n) is 9.10. The average molecular weight is 381 g/mol. The van der Waals surface area contributed by atoms with Gasteiger partial charge in [-0.25, -0.2) is 8.42 Å². The summed E-state index contributed by atoms with van der Waals surface area (Å²) in [5.74, 6) is -0.0712. The van der Waals surface area contributed by atoms with E-state index in [9.17, 15) is 8.42 Å². The fraction of sp³-hybridized carbons (Fsp3) is 0.600. The summed E-state index contributed by atoms with van der Waals surface area (Å²) in [6.07, 6.45) is 5.60. The average Bonchev–Trinajstić information content (AvgIpc) is 2.69. The van der Waals surface area contributed by atoms with Gasteiger partial charge in [-0.05, 0) is 43.1 Å². The zero-order valence-electron chi connectivity index (χ0n) is 16.3. The maximum absolute atomic E-state index is 13.2. The van der Waals surface area contributed by atoms with Crippen LogP contribution in [0.15, 0.2) is 47.4 Å². The van der Waals surface area contributed by atoms with Crippen LogP contribution in [0.4, 0.5) is 0 Å². The number of sulfone groups is 1. The molecule has 140 valence electrons. The van der Waals surface area contributed by atoms with E-state index in [4.69, 9.17) is 4.43 Å². The highest BCUT2D eigenvalue weighted by molar-refractivity contribution is 7.92. The minimum atomic E-state index is -3.41. The Labute approximate surface area is 154 Å². The fourth-order valence-corrected chi connectivity index (χ4v) is 6.37. The number of hydrogen-bond donors (Lipinski definition) is 0. The minimum Gasteiger partial charge on any atom is -0.414 e. The predicted octanol–water partition coefficient (Wildman–Crippen LogP) is 5.21. The summed E-state index contributed by atoms with van der Waals surface area (Å²) in [6.45, 7) is 13.2. The van der Waals surface area contributed by atoms with Crippen LogP contribution in [-0.4, -0.2) is 28.1 Å². The Balaban J connectivity index is 2.31. The van der Waals surface area contributed by atoms with Crippen LogP contribution in [-0.2, 0) is 14.3 Å². The zero-order valence-corrected chi connectivity index (χ0v) is 18.1. The lowest BCUT2D eigenvalue weighted by Crippen LogP contribution is -2.47. The van der Waals surface area contributed by atoms with E-state index in [0.29, 0.717) is 4.90 Å². The van der Waals surface area contributed by atoms with Crippen LogP contribution in [0.3, 0.4) is 0 Å². The molecule has 0 fully saturated rings. The molecule has 1 aliphatic carbocycles. The highest BCUT2D eigenvalue weighted by atomic mass is 32.2. The molecule has 0 N–H and O–H groups in total. The summed E-state index contributed by atoms with van der Waals surface area (Å²) in [5, 5.41) is -0.424. The van der Waals surface area contributed by atoms with Crippen molar-refractivity contribution in [3.8, 4) is 0 Å². The van der Waals surface area contributed by atoms with Crippen LogP contribution in [0.1, 0.15) is 40.5 Å². The molecule has 0 saturated heterocycles. The van der Waals surface area contributed by atoms with Crippen LogP contribution >= 0.6 is 0 Å². The van der Waals surface area contributed by atoms with E-state index < -0.39 is 23.4 Å².